The smallest absolute Gasteiger partial charge is 0.335 e. The molecule has 21 heavy (non-hydrogen) atoms. The van der Waals surface area contributed by atoms with Gasteiger partial charge in [-0.25, -0.2) is 9.78 Å². The predicted molar refractivity (Wildman–Crippen MR) is 81.9 cm³/mol. The summed E-state index contributed by atoms with van der Waals surface area (Å²) in [5.74, 6) is -0.200. The molecule has 1 atom stereocenters. The molecule has 1 aromatic heterocycles. The van der Waals surface area contributed by atoms with Crippen LogP contribution in [-0.4, -0.2) is 39.9 Å². The van der Waals surface area contributed by atoms with E-state index in [-0.39, 0.29) is 0 Å². The van der Waals surface area contributed by atoms with Crippen LogP contribution in [0.3, 0.4) is 0 Å². The van der Waals surface area contributed by atoms with Gasteiger partial charge in [-0.2, -0.15) is 0 Å². The number of carboxylic acid groups (broad SMARTS) is 1. The average Bonchev–Trinajstić information content (AvgIpc) is 2.59. The molecule has 2 N–H and O–H groups in total. The van der Waals surface area contributed by atoms with Gasteiger partial charge in [0.1, 0.15) is 5.82 Å². The van der Waals surface area contributed by atoms with Crippen LogP contribution in [0.15, 0.2) is 12.1 Å². The largest absolute Gasteiger partial charge is 0.478 e. The van der Waals surface area contributed by atoms with E-state index in [1.165, 1.54) is 0 Å². The number of nitrogens with zero attached hydrogens (tertiary/aromatic N) is 2. The van der Waals surface area contributed by atoms with E-state index in [0.717, 1.165) is 43.7 Å². The quantitative estimate of drug-likeness (QED) is 0.892. The summed E-state index contributed by atoms with van der Waals surface area (Å²) < 4.78 is 0. The van der Waals surface area contributed by atoms with Crippen molar-refractivity contribution in [2.75, 3.05) is 18.0 Å². The average molecular weight is 292 g/mol. The summed E-state index contributed by atoms with van der Waals surface area (Å²) in [6.07, 6.45) is 4.04. The zero-order valence-corrected chi connectivity index (χ0v) is 12.8. The molecule has 0 amide bonds. The van der Waals surface area contributed by atoms with Gasteiger partial charge in [0, 0.05) is 18.8 Å². The summed E-state index contributed by atoms with van der Waals surface area (Å²) in [4.78, 5) is 18.0. The fourth-order valence-corrected chi connectivity index (χ4v) is 2.73. The molecule has 116 valence electrons. The van der Waals surface area contributed by atoms with E-state index in [1.807, 2.05) is 6.92 Å². The van der Waals surface area contributed by atoms with Crippen LogP contribution >= 0.6 is 0 Å². The molecule has 2 rings (SSSR count). The molecule has 0 bridgehead atoms. The second-order valence-electron chi connectivity index (χ2n) is 6.10. The molecule has 0 radical (unpaired) electrons. The first kappa shape index (κ1) is 15.8. The second-order valence-corrected chi connectivity index (χ2v) is 6.10. The maximum Gasteiger partial charge on any atom is 0.335 e. The summed E-state index contributed by atoms with van der Waals surface area (Å²) in [5.41, 5.74) is 0.480. The summed E-state index contributed by atoms with van der Waals surface area (Å²) in [6.45, 7) is 5.42. The number of aromatic nitrogens is 1. The lowest BCUT2D eigenvalue weighted by molar-refractivity contribution is 0.0481. The Morgan fingerprint density at radius 3 is 2.81 bits per heavy atom. The highest BCUT2D eigenvalue weighted by atomic mass is 16.4. The summed E-state index contributed by atoms with van der Waals surface area (Å²) >= 11 is 0. The maximum absolute atomic E-state index is 11.3. The minimum atomic E-state index is -0.919. The van der Waals surface area contributed by atoms with Gasteiger partial charge in [0.05, 0.1) is 11.2 Å². The fraction of sp³-hybridized carbons (Fsp3) is 0.625. The Balaban J connectivity index is 2.27. The van der Waals surface area contributed by atoms with Gasteiger partial charge in [-0.05, 0) is 44.7 Å². The van der Waals surface area contributed by atoms with Crippen molar-refractivity contribution in [3.05, 3.63) is 23.4 Å². The van der Waals surface area contributed by atoms with Crippen LogP contribution in [0.4, 0.5) is 5.82 Å². The van der Waals surface area contributed by atoms with Gasteiger partial charge in [-0.15, -0.1) is 0 Å². The maximum atomic E-state index is 11.3. The molecule has 1 fully saturated rings. The normalized spacial score (nSPS) is 22.9. The Kier molecular flexibility index (Phi) is 4.83. The number of rotatable bonds is 4. The van der Waals surface area contributed by atoms with Crippen LogP contribution in [0.2, 0.25) is 0 Å². The summed E-state index contributed by atoms with van der Waals surface area (Å²) in [7, 11) is 0. The molecule has 1 unspecified atom stereocenters. The topological polar surface area (TPSA) is 73.7 Å². The molecule has 5 heteroatoms. The van der Waals surface area contributed by atoms with E-state index in [0.29, 0.717) is 18.5 Å². The lowest BCUT2D eigenvalue weighted by Gasteiger charge is -2.24. The van der Waals surface area contributed by atoms with Gasteiger partial charge in [0.15, 0.2) is 0 Å². The van der Waals surface area contributed by atoms with Crippen molar-refractivity contribution in [3.63, 3.8) is 0 Å². The third kappa shape index (κ3) is 4.17. The van der Waals surface area contributed by atoms with E-state index in [1.54, 1.807) is 12.1 Å². The van der Waals surface area contributed by atoms with Gasteiger partial charge in [0.25, 0.3) is 0 Å². The first-order valence-corrected chi connectivity index (χ1v) is 7.63. The van der Waals surface area contributed by atoms with Crippen molar-refractivity contribution in [2.45, 2.75) is 51.6 Å². The zero-order chi connectivity index (χ0) is 15.5. The first-order valence-electron chi connectivity index (χ1n) is 7.63. The number of aromatic carboxylic acids is 1. The Labute approximate surface area is 125 Å². The van der Waals surface area contributed by atoms with Crippen molar-refractivity contribution >= 4 is 11.8 Å². The molecular weight excluding hydrogens is 268 g/mol. The monoisotopic (exact) mass is 292 g/mol. The Hall–Kier alpha value is -1.62. The van der Waals surface area contributed by atoms with E-state index >= 15 is 0 Å². The van der Waals surface area contributed by atoms with Crippen molar-refractivity contribution in [1.82, 2.24) is 4.98 Å². The minimum absolute atomic E-state index is 0.291. The zero-order valence-electron chi connectivity index (χ0n) is 12.8. The van der Waals surface area contributed by atoms with Crippen LogP contribution in [0.25, 0.3) is 0 Å². The molecule has 0 aliphatic carbocycles. The molecule has 0 saturated carbocycles. The number of anilines is 1. The summed E-state index contributed by atoms with van der Waals surface area (Å²) in [6, 6.07) is 3.30. The van der Waals surface area contributed by atoms with Crippen molar-refractivity contribution in [2.24, 2.45) is 0 Å². The van der Waals surface area contributed by atoms with Gasteiger partial charge in [-0.3, -0.25) is 0 Å². The summed E-state index contributed by atoms with van der Waals surface area (Å²) in [5, 5.41) is 19.4. The highest BCUT2D eigenvalue weighted by Gasteiger charge is 2.26. The van der Waals surface area contributed by atoms with Gasteiger partial charge in [-0.1, -0.05) is 13.3 Å². The Bertz CT molecular complexity index is 514. The molecule has 1 aromatic rings. The number of pyridine rings is 1. The van der Waals surface area contributed by atoms with Gasteiger partial charge >= 0.3 is 5.97 Å². The number of hydrogen-bond acceptors (Lipinski definition) is 4. The SMILES string of the molecule is CCCc1cc(C(=O)O)cc(N2CCCC(C)(O)CC2)n1. The Morgan fingerprint density at radius 2 is 2.14 bits per heavy atom. The first-order chi connectivity index (χ1) is 9.91. The van der Waals surface area contributed by atoms with Crippen molar-refractivity contribution < 1.29 is 15.0 Å². The predicted octanol–water partition coefficient (Wildman–Crippen LogP) is 2.47. The van der Waals surface area contributed by atoms with Crippen LogP contribution in [0.1, 0.15) is 55.6 Å². The van der Waals surface area contributed by atoms with Crippen LogP contribution in [0.5, 0.6) is 0 Å². The lowest BCUT2D eigenvalue weighted by Crippen LogP contribution is -2.29. The molecule has 0 spiro atoms. The number of carboxylic acids is 1. The highest BCUT2D eigenvalue weighted by Crippen LogP contribution is 2.25. The molecule has 1 aliphatic heterocycles. The van der Waals surface area contributed by atoms with Crippen molar-refractivity contribution in [1.29, 1.82) is 0 Å². The van der Waals surface area contributed by atoms with E-state index in [4.69, 9.17) is 0 Å². The fourth-order valence-electron chi connectivity index (χ4n) is 2.73. The molecule has 0 aromatic carbocycles. The third-order valence-corrected chi connectivity index (χ3v) is 4.01. The molecular formula is C16H24N2O3. The van der Waals surface area contributed by atoms with Gasteiger partial charge in [0.2, 0.25) is 0 Å². The second kappa shape index (κ2) is 6.43. The van der Waals surface area contributed by atoms with Crippen molar-refractivity contribution in [3.8, 4) is 0 Å². The number of aryl methyl sites for hydroxylation is 1. The minimum Gasteiger partial charge on any atom is -0.478 e. The third-order valence-electron chi connectivity index (χ3n) is 4.01. The molecule has 1 saturated heterocycles. The molecule has 1 aliphatic rings. The highest BCUT2D eigenvalue weighted by molar-refractivity contribution is 5.88. The Morgan fingerprint density at radius 1 is 1.38 bits per heavy atom. The van der Waals surface area contributed by atoms with Crippen LogP contribution < -0.4 is 4.90 Å². The number of carbonyl (C=O) groups is 1. The molecule has 2 heterocycles. The van der Waals surface area contributed by atoms with Gasteiger partial charge < -0.3 is 15.1 Å². The van der Waals surface area contributed by atoms with Crippen LogP contribution in [0, 0.1) is 0 Å². The van der Waals surface area contributed by atoms with E-state index < -0.39 is 11.6 Å². The van der Waals surface area contributed by atoms with E-state index in [2.05, 4.69) is 16.8 Å². The van der Waals surface area contributed by atoms with Crippen LogP contribution in [-0.2, 0) is 6.42 Å². The molecule has 5 nitrogen and oxygen atoms in total. The number of hydrogen-bond donors (Lipinski definition) is 2. The number of aliphatic hydroxyl groups is 1. The van der Waals surface area contributed by atoms with E-state index in [9.17, 15) is 15.0 Å². The lowest BCUT2D eigenvalue weighted by atomic mass is 9.98. The standard InChI is InChI=1S/C16H24N2O3/c1-3-5-13-10-12(15(19)20)11-14(17-13)18-8-4-6-16(2,21)7-9-18/h10-11,21H,3-9H2,1-2H3,(H,19,20).